The van der Waals surface area contributed by atoms with Crippen LogP contribution in [0.15, 0.2) is 66.9 Å². The molecule has 3 rings (SSSR count). The fourth-order valence-corrected chi connectivity index (χ4v) is 3.02. The Balaban J connectivity index is 1.80. The molecule has 0 atom stereocenters. The monoisotopic (exact) mass is 350 g/mol. The molecule has 3 nitrogen and oxygen atoms in total. The molecule has 3 aromatic rings. The standard InChI is InChI=1S/C21H22N2OS/c1-22(2)19-12-10-18(11-13-19)17-8-6-16(7-9-17)15-23-14-4-5-20(24-3)21(23)25/h4-14H,15H2,1-3H3. The maximum absolute atomic E-state index is 5.46. The number of hydrogen-bond acceptors (Lipinski definition) is 3. The Morgan fingerprint density at radius 2 is 1.52 bits per heavy atom. The zero-order valence-corrected chi connectivity index (χ0v) is 15.6. The number of ether oxygens (including phenoxy) is 1. The summed E-state index contributed by atoms with van der Waals surface area (Å²) in [4.78, 5) is 2.10. The second kappa shape index (κ2) is 7.53. The molecule has 0 aliphatic carbocycles. The molecule has 1 aromatic heterocycles. The Kier molecular flexibility index (Phi) is 5.19. The van der Waals surface area contributed by atoms with E-state index in [2.05, 4.69) is 53.4 Å². The molecule has 0 aliphatic heterocycles. The van der Waals surface area contributed by atoms with Gasteiger partial charge in [0, 0.05) is 32.5 Å². The zero-order valence-electron chi connectivity index (χ0n) is 14.8. The number of aromatic nitrogens is 1. The summed E-state index contributed by atoms with van der Waals surface area (Å²) in [5.74, 6) is 0.732. The first-order chi connectivity index (χ1) is 12.1. The van der Waals surface area contributed by atoms with Crippen LogP contribution in [0.5, 0.6) is 5.75 Å². The molecule has 0 radical (unpaired) electrons. The largest absolute Gasteiger partial charge is 0.494 e. The molecular weight excluding hydrogens is 328 g/mol. The van der Waals surface area contributed by atoms with Gasteiger partial charge in [0.2, 0.25) is 0 Å². The van der Waals surface area contributed by atoms with E-state index in [0.29, 0.717) is 4.64 Å². The summed E-state index contributed by atoms with van der Waals surface area (Å²) >= 11 is 5.46. The van der Waals surface area contributed by atoms with Crippen molar-refractivity contribution < 1.29 is 4.74 Å². The highest BCUT2D eigenvalue weighted by molar-refractivity contribution is 7.71. The quantitative estimate of drug-likeness (QED) is 0.602. The first-order valence-electron chi connectivity index (χ1n) is 8.18. The van der Waals surface area contributed by atoms with Crippen molar-refractivity contribution in [1.82, 2.24) is 4.57 Å². The van der Waals surface area contributed by atoms with Crippen molar-refractivity contribution in [2.75, 3.05) is 26.1 Å². The summed E-state index contributed by atoms with van der Waals surface area (Å²) < 4.78 is 8.04. The van der Waals surface area contributed by atoms with E-state index in [1.54, 1.807) is 7.11 Å². The molecule has 4 heteroatoms. The molecule has 2 aromatic carbocycles. The van der Waals surface area contributed by atoms with Gasteiger partial charge in [-0.15, -0.1) is 0 Å². The molecule has 0 saturated heterocycles. The number of pyridine rings is 1. The van der Waals surface area contributed by atoms with Crippen molar-refractivity contribution in [1.29, 1.82) is 0 Å². The van der Waals surface area contributed by atoms with E-state index in [0.717, 1.165) is 12.3 Å². The van der Waals surface area contributed by atoms with Crippen LogP contribution < -0.4 is 9.64 Å². The summed E-state index contributed by atoms with van der Waals surface area (Å²) in [5.41, 5.74) is 4.84. The molecule has 0 spiro atoms. The topological polar surface area (TPSA) is 17.4 Å². The summed E-state index contributed by atoms with van der Waals surface area (Å²) in [6, 6.07) is 21.0. The van der Waals surface area contributed by atoms with E-state index in [1.807, 2.05) is 37.0 Å². The highest BCUT2D eigenvalue weighted by Gasteiger charge is 2.03. The van der Waals surface area contributed by atoms with Crippen LogP contribution in [-0.2, 0) is 6.54 Å². The van der Waals surface area contributed by atoms with Gasteiger partial charge in [0.15, 0.2) is 5.75 Å². The molecule has 128 valence electrons. The van der Waals surface area contributed by atoms with E-state index in [-0.39, 0.29) is 0 Å². The van der Waals surface area contributed by atoms with Gasteiger partial charge in [-0.05, 0) is 41.0 Å². The smallest absolute Gasteiger partial charge is 0.153 e. The van der Waals surface area contributed by atoms with Crippen LogP contribution in [0, 0.1) is 4.64 Å². The Morgan fingerprint density at radius 3 is 2.08 bits per heavy atom. The molecule has 1 heterocycles. The molecule has 0 amide bonds. The minimum absolute atomic E-state index is 0.716. The van der Waals surface area contributed by atoms with Crippen LogP contribution in [-0.4, -0.2) is 25.8 Å². The third-order valence-electron chi connectivity index (χ3n) is 4.23. The van der Waals surface area contributed by atoms with Crippen molar-refractivity contribution in [2.24, 2.45) is 0 Å². The van der Waals surface area contributed by atoms with Gasteiger partial charge >= 0.3 is 0 Å². The molecule has 0 N–H and O–H groups in total. The summed E-state index contributed by atoms with van der Waals surface area (Å²) in [5, 5.41) is 0. The SMILES string of the molecule is COc1cccn(Cc2ccc(-c3ccc(N(C)C)cc3)cc2)c1=S. The molecule has 25 heavy (non-hydrogen) atoms. The maximum atomic E-state index is 5.46. The second-order valence-electron chi connectivity index (χ2n) is 6.15. The van der Waals surface area contributed by atoms with Gasteiger partial charge < -0.3 is 14.2 Å². The van der Waals surface area contributed by atoms with Crippen molar-refractivity contribution >= 4 is 17.9 Å². The van der Waals surface area contributed by atoms with Gasteiger partial charge in [-0.1, -0.05) is 48.6 Å². The Morgan fingerprint density at radius 1 is 0.920 bits per heavy atom. The average Bonchev–Trinajstić information content (AvgIpc) is 2.64. The van der Waals surface area contributed by atoms with Gasteiger partial charge in [-0.2, -0.15) is 0 Å². The summed E-state index contributed by atoms with van der Waals surface area (Å²) in [7, 11) is 5.74. The van der Waals surface area contributed by atoms with E-state index < -0.39 is 0 Å². The summed E-state index contributed by atoms with van der Waals surface area (Å²) in [6.07, 6.45) is 1.98. The van der Waals surface area contributed by atoms with Crippen LogP contribution in [0.1, 0.15) is 5.56 Å². The number of rotatable bonds is 5. The molecule has 0 bridgehead atoms. The number of hydrogen-bond donors (Lipinski definition) is 0. The van der Waals surface area contributed by atoms with Gasteiger partial charge in [0.05, 0.1) is 7.11 Å². The van der Waals surface area contributed by atoms with Crippen LogP contribution in [0.25, 0.3) is 11.1 Å². The van der Waals surface area contributed by atoms with Crippen molar-refractivity contribution in [3.8, 4) is 16.9 Å². The van der Waals surface area contributed by atoms with Crippen LogP contribution >= 0.6 is 12.2 Å². The third-order valence-corrected chi connectivity index (χ3v) is 4.66. The lowest BCUT2D eigenvalue weighted by molar-refractivity contribution is 0.407. The van der Waals surface area contributed by atoms with E-state index >= 15 is 0 Å². The first-order valence-corrected chi connectivity index (χ1v) is 8.59. The predicted octanol–water partition coefficient (Wildman–Crippen LogP) is 5.01. The van der Waals surface area contributed by atoms with Gasteiger partial charge in [0.25, 0.3) is 0 Å². The molecule has 0 unspecified atom stereocenters. The summed E-state index contributed by atoms with van der Waals surface area (Å²) in [6.45, 7) is 0.732. The minimum atomic E-state index is 0.716. The van der Waals surface area contributed by atoms with E-state index in [1.165, 1.54) is 22.4 Å². The lowest BCUT2D eigenvalue weighted by Gasteiger charge is -2.13. The lowest BCUT2D eigenvalue weighted by atomic mass is 10.0. The predicted molar refractivity (Wildman–Crippen MR) is 107 cm³/mol. The maximum Gasteiger partial charge on any atom is 0.153 e. The normalized spacial score (nSPS) is 10.5. The Hall–Kier alpha value is -2.59. The minimum Gasteiger partial charge on any atom is -0.494 e. The van der Waals surface area contributed by atoms with Crippen molar-refractivity contribution in [3.05, 3.63) is 77.1 Å². The zero-order chi connectivity index (χ0) is 17.8. The molecule has 0 aliphatic rings. The highest BCUT2D eigenvalue weighted by atomic mass is 32.1. The van der Waals surface area contributed by atoms with E-state index in [9.17, 15) is 0 Å². The van der Waals surface area contributed by atoms with E-state index in [4.69, 9.17) is 17.0 Å². The van der Waals surface area contributed by atoms with Crippen molar-refractivity contribution in [2.45, 2.75) is 6.54 Å². The van der Waals surface area contributed by atoms with Crippen LogP contribution in [0.4, 0.5) is 5.69 Å². The average molecular weight is 350 g/mol. The van der Waals surface area contributed by atoms with Crippen LogP contribution in [0.2, 0.25) is 0 Å². The fraction of sp³-hybridized carbons (Fsp3) is 0.190. The Bertz CT molecular complexity index is 896. The molecule has 0 fully saturated rings. The van der Waals surface area contributed by atoms with Gasteiger partial charge in [0.1, 0.15) is 4.64 Å². The van der Waals surface area contributed by atoms with Gasteiger partial charge in [-0.3, -0.25) is 0 Å². The lowest BCUT2D eigenvalue weighted by Crippen LogP contribution is -2.07. The Labute approximate surface area is 154 Å². The van der Waals surface area contributed by atoms with Crippen LogP contribution in [0.3, 0.4) is 0 Å². The number of benzene rings is 2. The third kappa shape index (κ3) is 3.91. The molecular formula is C21H22N2OS. The second-order valence-corrected chi connectivity index (χ2v) is 6.53. The highest BCUT2D eigenvalue weighted by Crippen LogP contribution is 2.23. The van der Waals surface area contributed by atoms with Crippen molar-refractivity contribution in [3.63, 3.8) is 0 Å². The first kappa shape index (κ1) is 17.2. The number of anilines is 1. The number of nitrogens with zero attached hydrogens (tertiary/aromatic N) is 2. The fourth-order valence-electron chi connectivity index (χ4n) is 2.75. The number of methoxy groups -OCH3 is 1. The van der Waals surface area contributed by atoms with Gasteiger partial charge in [-0.25, -0.2) is 0 Å². The molecule has 0 saturated carbocycles.